The highest BCUT2D eigenvalue weighted by Gasteiger charge is 2.33. The molecule has 2 fully saturated rings. The minimum Gasteiger partial charge on any atom is -0.368 e. The zero-order chi connectivity index (χ0) is 16.8. The highest BCUT2D eigenvalue weighted by atomic mass is 16.2. The zero-order valence-electron chi connectivity index (χ0n) is 13.8. The Bertz CT molecular complexity index is 449. The van der Waals surface area contributed by atoms with Crippen molar-refractivity contribution in [3.05, 3.63) is 0 Å². The number of rotatable bonds is 5. The second-order valence-corrected chi connectivity index (χ2v) is 6.64. The first-order valence-electron chi connectivity index (χ1n) is 8.56. The molecule has 7 heteroatoms. The third kappa shape index (κ3) is 4.92. The standard InChI is InChI=1S/C16H28N4O3/c1-11(21)20-8-7-18-10-14(20)16(23)19-13(15(17)22)9-12-5-3-2-4-6-12/h12-14,18H,2-10H2,1H3,(H2,17,22)(H,19,23). The molecule has 7 nitrogen and oxygen atoms in total. The first-order valence-corrected chi connectivity index (χ1v) is 8.56. The summed E-state index contributed by atoms with van der Waals surface area (Å²) >= 11 is 0. The average molecular weight is 324 g/mol. The molecular weight excluding hydrogens is 296 g/mol. The summed E-state index contributed by atoms with van der Waals surface area (Å²) in [5.74, 6) is -0.487. The van der Waals surface area contributed by atoms with E-state index in [1.165, 1.54) is 26.2 Å². The van der Waals surface area contributed by atoms with E-state index < -0.39 is 18.0 Å². The Morgan fingerprint density at radius 3 is 2.57 bits per heavy atom. The number of hydrogen-bond donors (Lipinski definition) is 3. The van der Waals surface area contributed by atoms with Gasteiger partial charge < -0.3 is 21.3 Å². The van der Waals surface area contributed by atoms with Gasteiger partial charge in [0.25, 0.3) is 0 Å². The summed E-state index contributed by atoms with van der Waals surface area (Å²) in [6.07, 6.45) is 6.37. The van der Waals surface area contributed by atoms with Crippen LogP contribution in [0.1, 0.15) is 45.4 Å². The maximum Gasteiger partial charge on any atom is 0.244 e. The van der Waals surface area contributed by atoms with Gasteiger partial charge in [0.1, 0.15) is 12.1 Å². The maximum atomic E-state index is 12.5. The highest BCUT2D eigenvalue weighted by Crippen LogP contribution is 2.27. The number of hydrogen-bond acceptors (Lipinski definition) is 4. The first-order chi connectivity index (χ1) is 11.0. The maximum absolute atomic E-state index is 12.5. The van der Waals surface area contributed by atoms with Crippen LogP contribution in [0.25, 0.3) is 0 Å². The van der Waals surface area contributed by atoms with E-state index in [2.05, 4.69) is 10.6 Å². The van der Waals surface area contributed by atoms with Crippen molar-refractivity contribution < 1.29 is 14.4 Å². The monoisotopic (exact) mass is 324 g/mol. The van der Waals surface area contributed by atoms with Crippen LogP contribution in [-0.4, -0.2) is 54.3 Å². The number of piperazine rings is 1. The molecule has 0 aromatic rings. The van der Waals surface area contributed by atoms with Gasteiger partial charge in [0.2, 0.25) is 17.7 Å². The molecule has 0 radical (unpaired) electrons. The van der Waals surface area contributed by atoms with Crippen molar-refractivity contribution >= 4 is 17.7 Å². The van der Waals surface area contributed by atoms with Crippen molar-refractivity contribution in [1.82, 2.24) is 15.5 Å². The normalized spacial score (nSPS) is 24.0. The van der Waals surface area contributed by atoms with E-state index in [0.717, 1.165) is 12.8 Å². The second kappa shape index (κ2) is 8.29. The Morgan fingerprint density at radius 2 is 1.96 bits per heavy atom. The summed E-state index contributed by atoms with van der Waals surface area (Å²) < 4.78 is 0. The minimum atomic E-state index is -0.652. The molecule has 4 N–H and O–H groups in total. The minimum absolute atomic E-state index is 0.130. The number of amides is 3. The van der Waals surface area contributed by atoms with Gasteiger partial charge in [-0.25, -0.2) is 0 Å². The number of primary amides is 1. The smallest absolute Gasteiger partial charge is 0.244 e. The number of nitrogens with one attached hydrogen (secondary N) is 2. The number of carbonyl (C=O) groups excluding carboxylic acids is 3. The summed E-state index contributed by atoms with van der Waals surface area (Å²) in [6.45, 7) is 3.03. The average Bonchev–Trinajstić information content (AvgIpc) is 2.55. The summed E-state index contributed by atoms with van der Waals surface area (Å²) in [7, 11) is 0. The van der Waals surface area contributed by atoms with Crippen molar-refractivity contribution in [2.45, 2.75) is 57.5 Å². The van der Waals surface area contributed by atoms with Gasteiger partial charge >= 0.3 is 0 Å². The molecule has 0 bridgehead atoms. The molecule has 1 aliphatic heterocycles. The Labute approximate surface area is 137 Å². The zero-order valence-corrected chi connectivity index (χ0v) is 13.8. The van der Waals surface area contributed by atoms with E-state index in [1.54, 1.807) is 4.90 Å². The summed E-state index contributed by atoms with van der Waals surface area (Å²) in [4.78, 5) is 37.5. The predicted molar refractivity (Wildman–Crippen MR) is 86.4 cm³/mol. The molecule has 2 unspecified atom stereocenters. The molecule has 1 aliphatic carbocycles. The molecule has 130 valence electrons. The third-order valence-electron chi connectivity index (χ3n) is 4.90. The molecule has 2 atom stereocenters. The van der Waals surface area contributed by atoms with Crippen LogP contribution in [-0.2, 0) is 14.4 Å². The van der Waals surface area contributed by atoms with Crippen LogP contribution in [0.5, 0.6) is 0 Å². The van der Waals surface area contributed by atoms with Gasteiger partial charge in [0.15, 0.2) is 0 Å². The molecule has 0 spiro atoms. The van der Waals surface area contributed by atoms with Gasteiger partial charge in [-0.2, -0.15) is 0 Å². The van der Waals surface area contributed by atoms with E-state index in [9.17, 15) is 14.4 Å². The van der Waals surface area contributed by atoms with Gasteiger partial charge in [0.05, 0.1) is 0 Å². The van der Waals surface area contributed by atoms with Crippen molar-refractivity contribution in [3.63, 3.8) is 0 Å². The van der Waals surface area contributed by atoms with E-state index in [0.29, 0.717) is 32.0 Å². The van der Waals surface area contributed by atoms with Crippen LogP contribution in [0.3, 0.4) is 0 Å². The van der Waals surface area contributed by atoms with Crippen LogP contribution in [0.15, 0.2) is 0 Å². The molecule has 23 heavy (non-hydrogen) atoms. The van der Waals surface area contributed by atoms with Gasteiger partial charge in [0, 0.05) is 26.6 Å². The summed E-state index contributed by atoms with van der Waals surface area (Å²) in [5.41, 5.74) is 5.48. The molecule has 1 saturated carbocycles. The SMILES string of the molecule is CC(=O)N1CCNCC1C(=O)NC(CC1CCCCC1)C(N)=O. The molecule has 0 aromatic carbocycles. The van der Waals surface area contributed by atoms with Crippen molar-refractivity contribution in [2.75, 3.05) is 19.6 Å². The van der Waals surface area contributed by atoms with E-state index >= 15 is 0 Å². The van der Waals surface area contributed by atoms with Gasteiger partial charge in [-0.15, -0.1) is 0 Å². The molecule has 2 aliphatic rings. The first kappa shape index (κ1) is 17.7. The second-order valence-electron chi connectivity index (χ2n) is 6.64. The summed E-state index contributed by atoms with van der Waals surface area (Å²) in [6, 6.07) is -1.23. The summed E-state index contributed by atoms with van der Waals surface area (Å²) in [5, 5.41) is 5.88. The van der Waals surface area contributed by atoms with Crippen molar-refractivity contribution in [1.29, 1.82) is 0 Å². The van der Waals surface area contributed by atoms with Gasteiger partial charge in [-0.05, 0) is 12.3 Å². The topological polar surface area (TPSA) is 105 Å². The Balaban J connectivity index is 1.96. The highest BCUT2D eigenvalue weighted by molar-refractivity contribution is 5.91. The van der Waals surface area contributed by atoms with Crippen LogP contribution in [0, 0.1) is 5.92 Å². The van der Waals surface area contributed by atoms with Gasteiger partial charge in [-0.3, -0.25) is 14.4 Å². The van der Waals surface area contributed by atoms with E-state index in [-0.39, 0.29) is 11.8 Å². The van der Waals surface area contributed by atoms with Crippen LogP contribution in [0.2, 0.25) is 0 Å². The van der Waals surface area contributed by atoms with Gasteiger partial charge in [-0.1, -0.05) is 32.1 Å². The predicted octanol–water partition coefficient (Wildman–Crippen LogP) is -0.253. The van der Waals surface area contributed by atoms with Crippen LogP contribution in [0.4, 0.5) is 0 Å². The van der Waals surface area contributed by atoms with Crippen LogP contribution >= 0.6 is 0 Å². The number of nitrogens with zero attached hydrogens (tertiary/aromatic N) is 1. The third-order valence-corrected chi connectivity index (χ3v) is 4.90. The Kier molecular flexibility index (Phi) is 6.38. The molecule has 2 rings (SSSR count). The Morgan fingerprint density at radius 1 is 1.26 bits per heavy atom. The van der Waals surface area contributed by atoms with E-state index in [4.69, 9.17) is 5.73 Å². The lowest BCUT2D eigenvalue weighted by Crippen LogP contribution is -2.61. The molecule has 3 amide bonds. The van der Waals surface area contributed by atoms with Crippen molar-refractivity contribution in [2.24, 2.45) is 11.7 Å². The fraction of sp³-hybridized carbons (Fsp3) is 0.812. The lowest BCUT2D eigenvalue weighted by molar-refractivity contribution is -0.141. The van der Waals surface area contributed by atoms with Crippen LogP contribution < -0.4 is 16.4 Å². The van der Waals surface area contributed by atoms with Crippen molar-refractivity contribution in [3.8, 4) is 0 Å². The largest absolute Gasteiger partial charge is 0.368 e. The van der Waals surface area contributed by atoms with E-state index in [1.807, 2.05) is 0 Å². The fourth-order valence-electron chi connectivity index (χ4n) is 3.59. The Hall–Kier alpha value is -1.63. The lowest BCUT2D eigenvalue weighted by Gasteiger charge is -2.35. The molecule has 1 heterocycles. The molecule has 1 saturated heterocycles. The molecular formula is C16H28N4O3. The number of nitrogens with two attached hydrogens (primary N) is 1. The quantitative estimate of drug-likeness (QED) is 0.648. The number of carbonyl (C=O) groups is 3. The fourth-order valence-corrected chi connectivity index (χ4v) is 3.59. The lowest BCUT2D eigenvalue weighted by atomic mass is 9.84. The molecule has 0 aromatic heterocycles.